The van der Waals surface area contributed by atoms with Crippen molar-refractivity contribution in [2.24, 2.45) is 0 Å². The van der Waals surface area contributed by atoms with Crippen LogP contribution in [0.4, 0.5) is 26.3 Å². The minimum absolute atomic E-state index is 0.0142. The smallest absolute Gasteiger partial charge is 0.223 e. The maximum Gasteiger partial charge on any atom is 0.418 e. The molecule has 0 fully saturated rings. The van der Waals surface area contributed by atoms with E-state index in [2.05, 4.69) is 4.98 Å². The van der Waals surface area contributed by atoms with E-state index in [4.69, 9.17) is 5.26 Å². The molecule has 0 aliphatic heterocycles. The van der Waals surface area contributed by atoms with Gasteiger partial charge in [-0.1, -0.05) is 0 Å². The third kappa shape index (κ3) is 2.87. The zero-order valence-corrected chi connectivity index (χ0v) is 8.02. The van der Waals surface area contributed by atoms with Crippen LogP contribution in [0.5, 0.6) is 0 Å². The monoisotopic (exact) mass is 254 g/mol. The summed E-state index contributed by atoms with van der Waals surface area (Å²) >= 11 is 0. The van der Waals surface area contributed by atoms with Crippen LogP contribution in [0, 0.1) is 17.3 Å². The van der Waals surface area contributed by atoms with Gasteiger partial charge in [-0.25, -0.2) is 13.8 Å². The molecule has 0 N–H and O–H groups in total. The summed E-state index contributed by atoms with van der Waals surface area (Å²) in [5.74, 6) is -1.70. The Labute approximate surface area is 91.5 Å². The Kier molecular flexibility index (Phi) is 3.60. The Bertz CT molecular complexity index is 460. The zero-order chi connectivity index (χ0) is 13.2. The minimum atomic E-state index is -4.96. The summed E-state index contributed by atoms with van der Waals surface area (Å²) in [5, 5.41) is 8.25. The van der Waals surface area contributed by atoms with Crippen molar-refractivity contribution in [2.45, 2.75) is 19.0 Å². The van der Waals surface area contributed by atoms with Gasteiger partial charge in [0.1, 0.15) is 0 Å². The van der Waals surface area contributed by atoms with Gasteiger partial charge in [-0.05, 0) is 6.07 Å². The molecule has 1 heterocycles. The lowest BCUT2D eigenvalue weighted by atomic mass is 10.1. The molecule has 0 saturated carbocycles. The third-order valence-electron chi connectivity index (χ3n) is 1.87. The Morgan fingerprint density at radius 3 is 2.35 bits per heavy atom. The van der Waals surface area contributed by atoms with Gasteiger partial charge >= 0.3 is 6.18 Å². The van der Waals surface area contributed by atoms with Crippen molar-refractivity contribution in [1.29, 1.82) is 5.26 Å². The van der Waals surface area contributed by atoms with Gasteiger partial charge in [0, 0.05) is 0 Å². The molecule has 17 heavy (non-hydrogen) atoms. The highest BCUT2D eigenvalue weighted by atomic mass is 19.4. The van der Waals surface area contributed by atoms with E-state index in [0.717, 1.165) is 0 Å². The van der Waals surface area contributed by atoms with E-state index >= 15 is 0 Å². The van der Waals surface area contributed by atoms with Gasteiger partial charge in [-0.2, -0.15) is 22.8 Å². The number of rotatable bonds is 2. The number of nitriles is 1. The van der Waals surface area contributed by atoms with Crippen LogP contribution in [0.3, 0.4) is 0 Å². The second-order valence-corrected chi connectivity index (χ2v) is 3.00. The van der Waals surface area contributed by atoms with Crippen LogP contribution >= 0.6 is 0 Å². The highest BCUT2D eigenvalue weighted by Gasteiger charge is 2.36. The first-order chi connectivity index (χ1) is 7.77. The average Bonchev–Trinajstić information content (AvgIpc) is 2.15. The van der Waals surface area contributed by atoms with Crippen LogP contribution in [-0.2, 0) is 12.6 Å². The standard InChI is InChI=1S/C9H4F6N2/c10-7(11)4-3-5(9(13,14)15)6(1-2-16)17-8(4)12/h3,7H,1H2. The summed E-state index contributed by atoms with van der Waals surface area (Å²) in [7, 11) is 0. The molecule has 1 aromatic heterocycles. The number of aromatic nitrogens is 1. The van der Waals surface area contributed by atoms with E-state index in [9.17, 15) is 26.3 Å². The fraction of sp³-hybridized carbons (Fsp3) is 0.333. The number of nitrogens with zero attached hydrogens (tertiary/aromatic N) is 2. The van der Waals surface area contributed by atoms with Crippen LogP contribution in [0.25, 0.3) is 0 Å². The first-order valence-electron chi connectivity index (χ1n) is 4.19. The number of alkyl halides is 5. The molecule has 92 valence electrons. The van der Waals surface area contributed by atoms with E-state index in [1.54, 1.807) is 0 Å². The van der Waals surface area contributed by atoms with E-state index in [0.29, 0.717) is 0 Å². The largest absolute Gasteiger partial charge is 0.418 e. The van der Waals surface area contributed by atoms with Gasteiger partial charge in [0.05, 0.1) is 29.3 Å². The maximum absolute atomic E-state index is 12.9. The SMILES string of the molecule is N#CCc1nc(F)c(C(F)F)cc1C(F)(F)F. The molecule has 0 bridgehead atoms. The molecule has 0 saturated heterocycles. The van der Waals surface area contributed by atoms with Crippen molar-refractivity contribution >= 4 is 0 Å². The molecule has 0 spiro atoms. The summed E-state index contributed by atoms with van der Waals surface area (Å²) in [6, 6.07) is 1.34. The number of hydrogen-bond donors (Lipinski definition) is 0. The summed E-state index contributed by atoms with van der Waals surface area (Å²) < 4.78 is 74.6. The molecular formula is C9H4F6N2. The van der Waals surface area contributed by atoms with Crippen LogP contribution < -0.4 is 0 Å². The molecule has 0 amide bonds. The topological polar surface area (TPSA) is 36.7 Å². The lowest BCUT2D eigenvalue weighted by Crippen LogP contribution is -2.13. The van der Waals surface area contributed by atoms with E-state index in [1.165, 1.54) is 6.07 Å². The molecule has 1 aromatic rings. The molecule has 0 aliphatic rings. The molecule has 0 atom stereocenters. The maximum atomic E-state index is 12.9. The van der Waals surface area contributed by atoms with Crippen molar-refractivity contribution in [1.82, 2.24) is 4.98 Å². The molecule has 0 radical (unpaired) electrons. The van der Waals surface area contributed by atoms with Gasteiger partial charge < -0.3 is 0 Å². The van der Waals surface area contributed by atoms with Crippen molar-refractivity contribution in [3.8, 4) is 6.07 Å². The molecule has 1 rings (SSSR count). The zero-order valence-electron chi connectivity index (χ0n) is 8.02. The van der Waals surface area contributed by atoms with E-state index < -0.39 is 41.8 Å². The Hall–Kier alpha value is -1.78. The van der Waals surface area contributed by atoms with Crippen LogP contribution in [-0.4, -0.2) is 4.98 Å². The Morgan fingerprint density at radius 1 is 1.35 bits per heavy atom. The average molecular weight is 254 g/mol. The van der Waals surface area contributed by atoms with Crippen molar-refractivity contribution in [2.75, 3.05) is 0 Å². The quantitative estimate of drug-likeness (QED) is 0.600. The molecular weight excluding hydrogens is 250 g/mol. The second kappa shape index (κ2) is 4.61. The summed E-state index contributed by atoms with van der Waals surface area (Å²) in [5.41, 5.74) is -3.85. The molecule has 2 nitrogen and oxygen atoms in total. The van der Waals surface area contributed by atoms with Crippen molar-refractivity contribution in [3.63, 3.8) is 0 Å². The highest BCUT2D eigenvalue weighted by molar-refractivity contribution is 5.31. The fourth-order valence-electron chi connectivity index (χ4n) is 1.15. The number of pyridine rings is 1. The van der Waals surface area contributed by atoms with Crippen LogP contribution in [0.1, 0.15) is 23.2 Å². The molecule has 0 aromatic carbocycles. The van der Waals surface area contributed by atoms with Gasteiger partial charge in [0.2, 0.25) is 5.95 Å². The van der Waals surface area contributed by atoms with Gasteiger partial charge in [-0.15, -0.1) is 0 Å². The number of halogens is 6. The van der Waals surface area contributed by atoms with Crippen molar-refractivity contribution < 1.29 is 26.3 Å². The Morgan fingerprint density at radius 2 is 1.94 bits per heavy atom. The number of hydrogen-bond acceptors (Lipinski definition) is 2. The predicted molar refractivity (Wildman–Crippen MR) is 43.5 cm³/mol. The van der Waals surface area contributed by atoms with Gasteiger partial charge in [0.15, 0.2) is 0 Å². The van der Waals surface area contributed by atoms with E-state index in [1.807, 2.05) is 0 Å². The minimum Gasteiger partial charge on any atom is -0.223 e. The third-order valence-corrected chi connectivity index (χ3v) is 1.87. The molecule has 0 aliphatic carbocycles. The fourth-order valence-corrected chi connectivity index (χ4v) is 1.15. The summed E-state index contributed by atoms with van der Waals surface area (Å²) in [6.07, 6.45) is -9.18. The lowest BCUT2D eigenvalue weighted by molar-refractivity contribution is -0.138. The molecule has 8 heteroatoms. The van der Waals surface area contributed by atoms with Gasteiger partial charge in [-0.3, -0.25) is 0 Å². The Balaban J connectivity index is 3.43. The second-order valence-electron chi connectivity index (χ2n) is 3.00. The van der Waals surface area contributed by atoms with Crippen LogP contribution in [0.2, 0.25) is 0 Å². The molecule has 0 unspecified atom stereocenters. The summed E-state index contributed by atoms with van der Waals surface area (Å²) in [6.45, 7) is 0. The first kappa shape index (κ1) is 13.3. The van der Waals surface area contributed by atoms with E-state index in [-0.39, 0.29) is 6.07 Å². The van der Waals surface area contributed by atoms with Gasteiger partial charge in [0.25, 0.3) is 6.43 Å². The normalized spacial score (nSPS) is 11.6. The lowest BCUT2D eigenvalue weighted by Gasteiger charge is -2.12. The summed E-state index contributed by atoms with van der Waals surface area (Å²) in [4.78, 5) is 2.76. The van der Waals surface area contributed by atoms with Crippen molar-refractivity contribution in [3.05, 3.63) is 28.8 Å². The first-order valence-corrected chi connectivity index (χ1v) is 4.19. The highest BCUT2D eigenvalue weighted by Crippen LogP contribution is 2.34. The predicted octanol–water partition coefficient (Wildman–Crippen LogP) is 3.24. The van der Waals surface area contributed by atoms with Crippen LogP contribution in [0.15, 0.2) is 6.07 Å².